The summed E-state index contributed by atoms with van der Waals surface area (Å²) >= 11 is 0. The molecule has 4 heterocycles. The summed E-state index contributed by atoms with van der Waals surface area (Å²) in [5.74, 6) is 11.3. The highest BCUT2D eigenvalue weighted by atomic mass is 19.1. The van der Waals surface area contributed by atoms with Crippen LogP contribution in [0.15, 0.2) is 118 Å². The number of furan rings is 1. The highest BCUT2D eigenvalue weighted by molar-refractivity contribution is 5.93. The fourth-order valence-corrected chi connectivity index (χ4v) is 6.61. The number of nitrogens with zero attached hydrogens (tertiary/aromatic N) is 5. The van der Waals surface area contributed by atoms with Crippen molar-refractivity contribution in [2.75, 3.05) is 23.9 Å². The molecule has 0 atom stereocenters. The molecule has 14 heteroatoms. The van der Waals surface area contributed by atoms with Crippen molar-refractivity contribution < 1.29 is 42.6 Å². The maximum Gasteiger partial charge on any atom is 0.335 e. The molecule has 61 heavy (non-hydrogen) atoms. The maximum absolute atomic E-state index is 13.0. The van der Waals surface area contributed by atoms with Crippen LogP contribution in [0.5, 0.6) is 0 Å². The largest absolute Gasteiger partial charge is 0.478 e. The van der Waals surface area contributed by atoms with Crippen molar-refractivity contribution in [2.45, 2.75) is 39.0 Å². The Balaban J connectivity index is 0.000000184. The number of carboxylic acid groups (broad SMARTS) is 2. The number of amides is 4. The molecule has 4 aromatic carbocycles. The van der Waals surface area contributed by atoms with Crippen molar-refractivity contribution in [3.8, 4) is 23.7 Å². The van der Waals surface area contributed by atoms with Crippen molar-refractivity contribution in [2.24, 2.45) is 0 Å². The van der Waals surface area contributed by atoms with E-state index in [1.807, 2.05) is 36.4 Å². The van der Waals surface area contributed by atoms with E-state index in [0.717, 1.165) is 27.8 Å². The molecule has 0 aliphatic carbocycles. The van der Waals surface area contributed by atoms with Crippen molar-refractivity contribution in [1.29, 1.82) is 0 Å². The van der Waals surface area contributed by atoms with Gasteiger partial charge in [-0.1, -0.05) is 78.6 Å². The zero-order chi connectivity index (χ0) is 43.0. The highest BCUT2D eigenvalue weighted by Gasteiger charge is 2.33. The molecule has 0 saturated heterocycles. The van der Waals surface area contributed by atoms with Gasteiger partial charge >= 0.3 is 24.0 Å². The number of urea groups is 2. The predicted molar refractivity (Wildman–Crippen MR) is 222 cm³/mol. The zero-order valence-corrected chi connectivity index (χ0v) is 33.1. The topological polar surface area (TPSA) is 161 Å². The van der Waals surface area contributed by atoms with Gasteiger partial charge in [-0.3, -0.25) is 9.80 Å². The molecule has 2 aliphatic rings. The lowest BCUT2D eigenvalue weighted by molar-refractivity contribution is 0.0686. The number of oxazole rings is 1. The number of hydrogen-bond donors (Lipinski definition) is 2. The number of carbonyl (C=O) groups is 4. The summed E-state index contributed by atoms with van der Waals surface area (Å²) in [6.45, 7) is 1.34. The molecular weight excluding hydrogens is 782 g/mol. The number of carbonyl (C=O) groups excluding carboxylic acids is 2. The number of hydrogen-bond acceptors (Lipinski definition) is 7. The fraction of sp³-hybridized carbons (Fsp3) is 0.170. The van der Waals surface area contributed by atoms with Crippen LogP contribution in [0, 0.1) is 29.5 Å². The average molecular weight is 820 g/mol. The number of aromatic carboxylic acids is 2. The third kappa shape index (κ3) is 9.96. The van der Waals surface area contributed by atoms with Crippen LogP contribution in [-0.2, 0) is 39.0 Å². The van der Waals surface area contributed by atoms with Crippen LogP contribution in [0.25, 0.3) is 0 Å². The number of halogens is 1. The predicted octanol–water partition coefficient (Wildman–Crippen LogP) is 7.82. The number of anilines is 2. The van der Waals surface area contributed by atoms with E-state index in [0.29, 0.717) is 55.7 Å². The molecular formula is C47H38FN5O8. The molecule has 306 valence electrons. The molecule has 13 nitrogen and oxygen atoms in total. The van der Waals surface area contributed by atoms with Crippen molar-refractivity contribution in [3.63, 3.8) is 0 Å². The van der Waals surface area contributed by atoms with E-state index < -0.39 is 11.9 Å². The van der Waals surface area contributed by atoms with Crippen LogP contribution in [-0.4, -0.2) is 63.1 Å². The molecule has 2 N–H and O–H groups in total. The van der Waals surface area contributed by atoms with Crippen LogP contribution in [0.3, 0.4) is 0 Å². The van der Waals surface area contributed by atoms with Gasteiger partial charge in [0.1, 0.15) is 11.5 Å². The van der Waals surface area contributed by atoms with Crippen LogP contribution in [0.4, 0.5) is 25.7 Å². The first-order chi connectivity index (χ1) is 29.4. The molecule has 0 spiro atoms. The van der Waals surface area contributed by atoms with Crippen LogP contribution >= 0.6 is 0 Å². The van der Waals surface area contributed by atoms with Gasteiger partial charge < -0.3 is 28.8 Å². The molecule has 2 aromatic heterocycles. The van der Waals surface area contributed by atoms with Gasteiger partial charge in [-0.15, -0.1) is 0 Å². The maximum atomic E-state index is 13.0. The Hall–Kier alpha value is -8.10. The summed E-state index contributed by atoms with van der Waals surface area (Å²) in [5, 5.41) is 18.0. The second-order valence-corrected chi connectivity index (χ2v) is 14.2. The Morgan fingerprint density at radius 1 is 0.656 bits per heavy atom. The van der Waals surface area contributed by atoms with E-state index in [4.69, 9.17) is 19.0 Å². The second kappa shape index (κ2) is 18.2. The van der Waals surface area contributed by atoms with Crippen LogP contribution in [0.1, 0.15) is 65.9 Å². The molecule has 8 rings (SSSR count). The molecule has 4 amide bonds. The molecule has 0 saturated carbocycles. The first kappa shape index (κ1) is 41.1. The number of fused-ring (bicyclic) bond motifs is 2. The normalized spacial score (nSPS) is 12.9. The fourth-order valence-electron chi connectivity index (χ4n) is 6.61. The Morgan fingerprint density at radius 2 is 1.16 bits per heavy atom. The van der Waals surface area contributed by atoms with Gasteiger partial charge in [0.05, 0.1) is 24.2 Å². The molecule has 0 bridgehead atoms. The molecule has 2 aliphatic heterocycles. The third-order valence-corrected chi connectivity index (χ3v) is 9.79. The molecule has 6 aromatic rings. The van der Waals surface area contributed by atoms with Gasteiger partial charge in [0, 0.05) is 51.7 Å². The zero-order valence-electron chi connectivity index (χ0n) is 33.1. The number of benzene rings is 4. The summed E-state index contributed by atoms with van der Waals surface area (Å²) in [5.41, 5.74) is 5.56. The minimum atomic E-state index is -0.999. The van der Waals surface area contributed by atoms with E-state index in [-0.39, 0.29) is 41.4 Å². The van der Waals surface area contributed by atoms with Crippen LogP contribution < -0.4 is 9.80 Å². The van der Waals surface area contributed by atoms with Gasteiger partial charge in [0.25, 0.3) is 5.89 Å². The van der Waals surface area contributed by atoms with E-state index in [1.165, 1.54) is 34.1 Å². The third-order valence-electron chi connectivity index (χ3n) is 9.79. The number of carboxylic acids is 2. The van der Waals surface area contributed by atoms with Gasteiger partial charge in [-0.05, 0) is 70.5 Å². The summed E-state index contributed by atoms with van der Waals surface area (Å²) in [7, 11) is 3.27. The number of rotatable bonds is 8. The minimum Gasteiger partial charge on any atom is -0.478 e. The first-order valence-corrected chi connectivity index (χ1v) is 19.0. The van der Waals surface area contributed by atoms with E-state index >= 15 is 0 Å². The van der Waals surface area contributed by atoms with Crippen molar-refractivity contribution >= 4 is 35.8 Å². The van der Waals surface area contributed by atoms with E-state index in [9.17, 15) is 23.6 Å². The first-order valence-electron chi connectivity index (χ1n) is 19.0. The summed E-state index contributed by atoms with van der Waals surface area (Å²) in [4.78, 5) is 58.0. The van der Waals surface area contributed by atoms with Gasteiger partial charge in [-0.2, -0.15) is 0 Å². The smallest absolute Gasteiger partial charge is 0.335 e. The standard InChI is InChI=1S/C24H20N2O4.C23H18FN3O4/c1-25-22-20(14-21(30-22)9-5-8-17-6-3-2-4-7-17)16-26(24(25)29)15-18-10-12-19(13-11-18)23(27)28;1-26-21-19(25-20(31-21)4-2-3-15-7-11-18(24)12-8-15)14-27(23(26)30)13-16-5-9-17(10-6-16)22(28)29/h2-4,6-7,10-14H,8,15-16H2,1H3,(H,27,28);5-12H,3,13-14H2,1H3,(H,28,29). The molecule has 0 radical (unpaired) electrons. The lowest BCUT2D eigenvalue weighted by atomic mass is 10.1. The summed E-state index contributed by atoms with van der Waals surface area (Å²) in [6, 6.07) is 30.4. The Bertz CT molecular complexity index is 2710. The SMILES string of the molecule is CN1C(=O)N(Cc2ccc(C(=O)O)cc2)Cc2cc(C#CCc3ccccc3)oc21.CN1C(=O)N(Cc2ccc(C(=O)O)cc2)Cc2nc(C#CCc3ccc(F)cc3)oc21. The highest BCUT2D eigenvalue weighted by Crippen LogP contribution is 2.32. The van der Waals surface area contributed by atoms with Gasteiger partial charge in [0.15, 0.2) is 5.76 Å². The lowest BCUT2D eigenvalue weighted by Crippen LogP contribution is -2.44. The summed E-state index contributed by atoms with van der Waals surface area (Å²) in [6.07, 6.45) is 1.04. The average Bonchev–Trinajstić information content (AvgIpc) is 3.87. The monoisotopic (exact) mass is 819 g/mol. The quantitative estimate of drug-likeness (QED) is 0.146. The Morgan fingerprint density at radius 3 is 1.74 bits per heavy atom. The second-order valence-electron chi connectivity index (χ2n) is 14.2. The Labute approximate surface area is 350 Å². The Kier molecular flexibility index (Phi) is 12.3. The lowest BCUT2D eigenvalue weighted by Gasteiger charge is -2.32. The minimum absolute atomic E-state index is 0.178. The van der Waals surface area contributed by atoms with Crippen LogP contribution in [0.2, 0.25) is 0 Å². The summed E-state index contributed by atoms with van der Waals surface area (Å²) < 4.78 is 24.4. The van der Waals surface area contributed by atoms with Crippen molar-refractivity contribution in [1.82, 2.24) is 14.8 Å². The van der Waals surface area contributed by atoms with Gasteiger partial charge in [-0.25, -0.2) is 28.6 Å². The molecule has 0 fully saturated rings. The van der Waals surface area contributed by atoms with E-state index in [2.05, 4.69) is 28.7 Å². The van der Waals surface area contributed by atoms with Gasteiger partial charge in [0.2, 0.25) is 11.8 Å². The number of aromatic nitrogens is 1. The van der Waals surface area contributed by atoms with Crippen molar-refractivity contribution in [3.05, 3.63) is 171 Å². The van der Waals surface area contributed by atoms with E-state index in [1.54, 1.807) is 72.4 Å². The molecule has 0 unspecified atom stereocenters.